The molecule has 1 aromatic carbocycles. The maximum absolute atomic E-state index is 13.7. The molecule has 18 heavy (non-hydrogen) atoms. The van der Waals surface area contributed by atoms with Crippen LogP contribution >= 0.6 is 11.6 Å². The molecule has 1 heterocycles. The quantitative estimate of drug-likeness (QED) is 0.554. The van der Waals surface area contributed by atoms with Crippen LogP contribution < -0.4 is 4.90 Å². The van der Waals surface area contributed by atoms with E-state index in [1.54, 1.807) is 4.90 Å². The summed E-state index contributed by atoms with van der Waals surface area (Å²) < 4.78 is 50.9. The van der Waals surface area contributed by atoms with E-state index in [9.17, 15) is 17.6 Å². The van der Waals surface area contributed by atoms with E-state index in [1.165, 1.54) is 6.07 Å². The van der Waals surface area contributed by atoms with Crippen LogP contribution in [-0.2, 0) is 6.18 Å². The first-order valence-corrected chi connectivity index (χ1v) is 6.07. The molecule has 0 atom stereocenters. The molecule has 0 aromatic heterocycles. The number of anilines is 1. The van der Waals surface area contributed by atoms with Crippen molar-refractivity contribution in [1.82, 2.24) is 0 Å². The van der Waals surface area contributed by atoms with Crippen molar-refractivity contribution < 1.29 is 17.6 Å². The summed E-state index contributed by atoms with van der Waals surface area (Å²) in [6.45, 7) is 1.13. The van der Waals surface area contributed by atoms with Crippen molar-refractivity contribution in [2.75, 3.05) is 18.0 Å². The van der Waals surface area contributed by atoms with Crippen molar-refractivity contribution in [1.29, 1.82) is 0 Å². The number of benzene rings is 1. The number of halogens is 5. The van der Waals surface area contributed by atoms with Gasteiger partial charge in [0.15, 0.2) is 0 Å². The highest BCUT2D eigenvalue weighted by Gasteiger charge is 2.31. The molecule has 1 aliphatic rings. The van der Waals surface area contributed by atoms with E-state index in [2.05, 4.69) is 0 Å². The molecule has 0 radical (unpaired) electrons. The van der Waals surface area contributed by atoms with Crippen molar-refractivity contribution in [3.05, 3.63) is 29.6 Å². The fraction of sp³-hybridized carbons (Fsp3) is 0.500. The van der Waals surface area contributed by atoms with E-state index < -0.39 is 17.6 Å². The van der Waals surface area contributed by atoms with Crippen molar-refractivity contribution in [2.24, 2.45) is 0 Å². The normalized spacial score (nSPS) is 18.2. The molecule has 2 rings (SSSR count). The molecule has 0 saturated carbocycles. The maximum atomic E-state index is 13.7. The molecule has 1 aliphatic heterocycles. The van der Waals surface area contributed by atoms with Gasteiger partial charge in [-0.1, -0.05) is 0 Å². The second kappa shape index (κ2) is 4.96. The van der Waals surface area contributed by atoms with Crippen LogP contribution in [0.15, 0.2) is 18.2 Å². The highest BCUT2D eigenvalue weighted by Crippen LogP contribution is 2.33. The van der Waals surface area contributed by atoms with Crippen LogP contribution in [0.3, 0.4) is 0 Å². The number of alkyl halides is 4. The highest BCUT2D eigenvalue weighted by atomic mass is 35.5. The predicted octanol–water partition coefficient (Wildman–Crippen LogP) is 4.05. The Morgan fingerprint density at radius 3 is 2.28 bits per heavy atom. The van der Waals surface area contributed by atoms with E-state index in [0.29, 0.717) is 32.0 Å². The summed E-state index contributed by atoms with van der Waals surface area (Å²) in [5.74, 6) is -0.835. The standard InChI is InChI=1S/C12H12ClF4N/c13-9-3-5-18(6-4-9)11-2-1-8(7-10(11)14)12(15,16)17/h1-2,7,9H,3-6H2. The minimum atomic E-state index is -4.51. The summed E-state index contributed by atoms with van der Waals surface area (Å²) >= 11 is 5.93. The first kappa shape index (κ1) is 13.5. The monoisotopic (exact) mass is 281 g/mol. The Morgan fingerprint density at radius 2 is 1.78 bits per heavy atom. The van der Waals surface area contributed by atoms with E-state index >= 15 is 0 Å². The molecule has 1 aromatic rings. The predicted molar refractivity (Wildman–Crippen MR) is 62.5 cm³/mol. The number of piperidine rings is 1. The molecule has 6 heteroatoms. The van der Waals surface area contributed by atoms with Crippen LogP contribution in [-0.4, -0.2) is 18.5 Å². The fourth-order valence-electron chi connectivity index (χ4n) is 2.03. The Kier molecular flexibility index (Phi) is 3.71. The number of rotatable bonds is 1. The third kappa shape index (κ3) is 2.88. The molecule has 0 amide bonds. The minimum absolute atomic E-state index is 0.0683. The molecule has 0 aliphatic carbocycles. The Morgan fingerprint density at radius 1 is 1.17 bits per heavy atom. The molecular formula is C12H12ClF4N. The van der Waals surface area contributed by atoms with E-state index in [1.807, 2.05) is 0 Å². The van der Waals surface area contributed by atoms with Gasteiger partial charge in [-0.2, -0.15) is 13.2 Å². The van der Waals surface area contributed by atoms with Gasteiger partial charge in [-0.25, -0.2) is 4.39 Å². The van der Waals surface area contributed by atoms with Crippen LogP contribution in [0.4, 0.5) is 23.2 Å². The SMILES string of the molecule is Fc1cc(C(F)(F)F)ccc1N1CCC(Cl)CC1. The van der Waals surface area contributed by atoms with Crippen LogP contribution in [0.25, 0.3) is 0 Å². The van der Waals surface area contributed by atoms with Crippen molar-refractivity contribution in [3.63, 3.8) is 0 Å². The molecule has 1 nitrogen and oxygen atoms in total. The summed E-state index contributed by atoms with van der Waals surface area (Å²) in [7, 11) is 0. The summed E-state index contributed by atoms with van der Waals surface area (Å²) in [5.41, 5.74) is -0.748. The van der Waals surface area contributed by atoms with Gasteiger partial charge in [0.05, 0.1) is 11.3 Å². The lowest BCUT2D eigenvalue weighted by molar-refractivity contribution is -0.137. The van der Waals surface area contributed by atoms with E-state index in [0.717, 1.165) is 6.07 Å². The van der Waals surface area contributed by atoms with Gasteiger partial charge in [0, 0.05) is 18.5 Å². The Balaban J connectivity index is 2.20. The zero-order chi connectivity index (χ0) is 13.3. The van der Waals surface area contributed by atoms with Gasteiger partial charge < -0.3 is 4.90 Å². The van der Waals surface area contributed by atoms with Gasteiger partial charge in [0.25, 0.3) is 0 Å². The number of nitrogens with zero attached hydrogens (tertiary/aromatic N) is 1. The summed E-state index contributed by atoms with van der Waals surface area (Å²) in [6, 6.07) is 2.64. The summed E-state index contributed by atoms with van der Waals surface area (Å²) in [6.07, 6.45) is -3.09. The van der Waals surface area contributed by atoms with Crippen LogP contribution in [0.1, 0.15) is 18.4 Å². The molecule has 0 spiro atoms. The summed E-state index contributed by atoms with van der Waals surface area (Å²) in [5, 5.41) is 0.0683. The van der Waals surface area contributed by atoms with Crippen molar-refractivity contribution in [3.8, 4) is 0 Å². The second-order valence-corrected chi connectivity index (χ2v) is 4.94. The highest BCUT2D eigenvalue weighted by molar-refractivity contribution is 6.20. The summed E-state index contributed by atoms with van der Waals surface area (Å²) in [4.78, 5) is 1.73. The average molecular weight is 282 g/mol. The molecule has 0 unspecified atom stereocenters. The molecule has 0 bridgehead atoms. The average Bonchev–Trinajstić information content (AvgIpc) is 2.29. The van der Waals surface area contributed by atoms with E-state index in [4.69, 9.17) is 11.6 Å². The fourth-order valence-corrected chi connectivity index (χ4v) is 2.22. The van der Waals surface area contributed by atoms with E-state index in [-0.39, 0.29) is 11.1 Å². The third-order valence-electron chi connectivity index (χ3n) is 3.04. The topological polar surface area (TPSA) is 3.24 Å². The Labute approximate surface area is 107 Å². The van der Waals surface area contributed by atoms with Gasteiger partial charge in [0.2, 0.25) is 0 Å². The minimum Gasteiger partial charge on any atom is -0.369 e. The molecule has 1 saturated heterocycles. The van der Waals surface area contributed by atoms with Gasteiger partial charge in [-0.3, -0.25) is 0 Å². The zero-order valence-corrected chi connectivity index (χ0v) is 10.2. The third-order valence-corrected chi connectivity index (χ3v) is 3.48. The number of hydrogen-bond acceptors (Lipinski definition) is 1. The zero-order valence-electron chi connectivity index (χ0n) is 9.47. The molecule has 100 valence electrons. The lowest BCUT2D eigenvalue weighted by atomic mass is 10.1. The van der Waals surface area contributed by atoms with Crippen LogP contribution in [0.2, 0.25) is 0 Å². The Hall–Kier alpha value is -0.970. The van der Waals surface area contributed by atoms with Crippen LogP contribution in [0, 0.1) is 5.82 Å². The Bertz CT molecular complexity index is 425. The van der Waals surface area contributed by atoms with Gasteiger partial charge in [0.1, 0.15) is 5.82 Å². The van der Waals surface area contributed by atoms with Crippen LogP contribution in [0.5, 0.6) is 0 Å². The van der Waals surface area contributed by atoms with Crippen molar-refractivity contribution in [2.45, 2.75) is 24.4 Å². The molecule has 1 fully saturated rings. The first-order valence-electron chi connectivity index (χ1n) is 5.63. The molecular weight excluding hydrogens is 270 g/mol. The first-order chi connectivity index (χ1) is 8.38. The van der Waals surface area contributed by atoms with Gasteiger partial charge in [-0.15, -0.1) is 11.6 Å². The smallest absolute Gasteiger partial charge is 0.369 e. The molecule has 0 N–H and O–H groups in total. The second-order valence-electron chi connectivity index (χ2n) is 4.33. The number of hydrogen-bond donors (Lipinski definition) is 0. The van der Waals surface area contributed by atoms with Crippen molar-refractivity contribution >= 4 is 17.3 Å². The lowest BCUT2D eigenvalue weighted by Crippen LogP contribution is -2.34. The van der Waals surface area contributed by atoms with Gasteiger partial charge >= 0.3 is 6.18 Å². The van der Waals surface area contributed by atoms with Gasteiger partial charge in [-0.05, 0) is 31.0 Å². The lowest BCUT2D eigenvalue weighted by Gasteiger charge is -2.31. The maximum Gasteiger partial charge on any atom is 0.416 e. The largest absolute Gasteiger partial charge is 0.416 e.